The second-order valence-corrected chi connectivity index (χ2v) is 4.52. The van der Waals surface area contributed by atoms with Gasteiger partial charge in [-0.15, -0.1) is 0 Å². The normalized spacial score (nSPS) is 10.4. The number of aromatic nitrogens is 2. The van der Waals surface area contributed by atoms with Crippen molar-refractivity contribution < 1.29 is 9.47 Å². The zero-order valence-corrected chi connectivity index (χ0v) is 12.4. The van der Waals surface area contributed by atoms with Crippen LogP contribution in [0.15, 0.2) is 24.3 Å². The monoisotopic (exact) mass is 275 g/mol. The number of anilines is 1. The van der Waals surface area contributed by atoms with Crippen LogP contribution in [-0.4, -0.2) is 24.0 Å². The van der Waals surface area contributed by atoms with Crippen LogP contribution in [-0.2, 0) is 13.1 Å². The summed E-state index contributed by atoms with van der Waals surface area (Å²) in [7, 11) is 3.27. The van der Waals surface area contributed by atoms with Gasteiger partial charge in [-0.2, -0.15) is 5.10 Å². The average Bonchev–Trinajstić information content (AvgIpc) is 2.84. The van der Waals surface area contributed by atoms with Crippen LogP contribution in [0.1, 0.15) is 18.3 Å². The van der Waals surface area contributed by atoms with Gasteiger partial charge in [-0.25, -0.2) is 0 Å². The Morgan fingerprint density at radius 3 is 2.55 bits per heavy atom. The van der Waals surface area contributed by atoms with Crippen molar-refractivity contribution in [3.05, 3.63) is 35.7 Å². The molecule has 0 unspecified atom stereocenters. The Balaban J connectivity index is 2.10. The van der Waals surface area contributed by atoms with Gasteiger partial charge >= 0.3 is 0 Å². The highest BCUT2D eigenvalue weighted by atomic mass is 16.5. The van der Waals surface area contributed by atoms with Gasteiger partial charge in [-0.3, -0.25) is 4.68 Å². The summed E-state index contributed by atoms with van der Waals surface area (Å²) in [5.74, 6) is 1.45. The first-order chi connectivity index (χ1) is 9.67. The van der Waals surface area contributed by atoms with E-state index in [2.05, 4.69) is 23.4 Å². The predicted octanol–water partition coefficient (Wildman–Crippen LogP) is 2.84. The van der Waals surface area contributed by atoms with Crippen molar-refractivity contribution >= 4 is 5.69 Å². The molecule has 2 aromatic rings. The zero-order chi connectivity index (χ0) is 14.5. The minimum Gasteiger partial charge on any atom is -0.493 e. The lowest BCUT2D eigenvalue weighted by Gasteiger charge is -2.11. The van der Waals surface area contributed by atoms with Crippen molar-refractivity contribution in [3.8, 4) is 11.5 Å². The van der Waals surface area contributed by atoms with Crippen LogP contribution in [0.25, 0.3) is 0 Å². The zero-order valence-electron chi connectivity index (χ0n) is 12.4. The lowest BCUT2D eigenvalue weighted by Crippen LogP contribution is -2.08. The van der Waals surface area contributed by atoms with Crippen molar-refractivity contribution in [1.82, 2.24) is 9.78 Å². The van der Waals surface area contributed by atoms with Crippen molar-refractivity contribution in [2.75, 3.05) is 19.5 Å². The van der Waals surface area contributed by atoms with Crippen LogP contribution in [0.2, 0.25) is 0 Å². The lowest BCUT2D eigenvalue weighted by molar-refractivity contribution is 0.355. The summed E-state index contributed by atoms with van der Waals surface area (Å²) in [6.07, 6.45) is 0. The summed E-state index contributed by atoms with van der Waals surface area (Å²) in [5.41, 5.74) is 3.19. The Bertz CT molecular complexity index is 578. The fraction of sp³-hybridized carbons (Fsp3) is 0.400. The highest BCUT2D eigenvalue weighted by Crippen LogP contribution is 2.29. The minimum absolute atomic E-state index is 0.720. The topological polar surface area (TPSA) is 48.3 Å². The van der Waals surface area contributed by atoms with Gasteiger partial charge in [0.25, 0.3) is 0 Å². The molecule has 5 heteroatoms. The molecule has 0 atom stereocenters. The molecule has 20 heavy (non-hydrogen) atoms. The number of hydrogen-bond donors (Lipinski definition) is 1. The summed E-state index contributed by atoms with van der Waals surface area (Å²) < 4.78 is 12.5. The molecule has 1 N–H and O–H groups in total. The first kappa shape index (κ1) is 14.2. The highest BCUT2D eigenvalue weighted by Gasteiger charge is 2.06. The number of rotatable bonds is 6. The standard InChI is InChI=1S/C15H21N3O2/c1-5-18-13(8-11(2)17-18)10-16-12-6-7-14(19-3)15(9-12)20-4/h6-9,16H,5,10H2,1-4H3. The SMILES string of the molecule is CCn1nc(C)cc1CNc1ccc(OC)c(OC)c1. The van der Waals surface area contributed by atoms with Crippen molar-refractivity contribution in [2.24, 2.45) is 0 Å². The molecule has 108 valence electrons. The first-order valence-electron chi connectivity index (χ1n) is 6.67. The molecule has 0 aliphatic heterocycles. The summed E-state index contributed by atoms with van der Waals surface area (Å²) in [5, 5.41) is 7.81. The third-order valence-corrected chi connectivity index (χ3v) is 3.14. The van der Waals surface area contributed by atoms with Gasteiger partial charge in [0, 0.05) is 18.3 Å². The van der Waals surface area contributed by atoms with Gasteiger partial charge in [-0.1, -0.05) is 0 Å². The van der Waals surface area contributed by atoms with Gasteiger partial charge in [0.05, 0.1) is 32.2 Å². The molecule has 0 aliphatic rings. The minimum atomic E-state index is 0.720. The smallest absolute Gasteiger partial charge is 0.162 e. The summed E-state index contributed by atoms with van der Waals surface area (Å²) >= 11 is 0. The van der Waals surface area contributed by atoms with E-state index in [4.69, 9.17) is 9.47 Å². The molecule has 0 saturated heterocycles. The first-order valence-corrected chi connectivity index (χ1v) is 6.67. The summed E-state index contributed by atoms with van der Waals surface area (Å²) in [6.45, 7) is 5.69. The highest BCUT2D eigenvalue weighted by molar-refractivity contribution is 5.54. The molecule has 0 amide bonds. The number of aryl methyl sites for hydroxylation is 2. The molecule has 0 radical (unpaired) electrons. The molecule has 0 saturated carbocycles. The molecule has 1 heterocycles. The Kier molecular flexibility index (Phi) is 4.50. The Labute approximate surface area is 119 Å². The molecule has 0 spiro atoms. The molecule has 1 aromatic carbocycles. The van der Waals surface area contributed by atoms with Crippen LogP contribution < -0.4 is 14.8 Å². The maximum Gasteiger partial charge on any atom is 0.162 e. The molecular weight excluding hydrogens is 254 g/mol. The molecule has 1 aromatic heterocycles. The summed E-state index contributed by atoms with van der Waals surface area (Å²) in [4.78, 5) is 0. The van der Waals surface area contributed by atoms with Gasteiger partial charge in [0.1, 0.15) is 0 Å². The molecule has 2 rings (SSSR count). The Morgan fingerprint density at radius 1 is 1.15 bits per heavy atom. The van der Waals surface area contributed by atoms with Gasteiger partial charge in [0.2, 0.25) is 0 Å². The van der Waals surface area contributed by atoms with Crippen LogP contribution in [0, 0.1) is 6.92 Å². The largest absolute Gasteiger partial charge is 0.493 e. The maximum atomic E-state index is 5.30. The lowest BCUT2D eigenvalue weighted by atomic mass is 10.2. The second-order valence-electron chi connectivity index (χ2n) is 4.52. The molecule has 0 bridgehead atoms. The molecular formula is C15H21N3O2. The fourth-order valence-electron chi connectivity index (χ4n) is 2.15. The van der Waals surface area contributed by atoms with E-state index in [0.717, 1.165) is 36.0 Å². The van der Waals surface area contributed by atoms with Crippen LogP contribution in [0.4, 0.5) is 5.69 Å². The predicted molar refractivity (Wildman–Crippen MR) is 79.5 cm³/mol. The second kappa shape index (κ2) is 6.32. The number of benzene rings is 1. The number of hydrogen-bond acceptors (Lipinski definition) is 4. The average molecular weight is 275 g/mol. The molecule has 0 aliphatic carbocycles. The van der Waals surface area contributed by atoms with E-state index in [1.807, 2.05) is 29.8 Å². The fourth-order valence-corrected chi connectivity index (χ4v) is 2.15. The van der Waals surface area contributed by atoms with Gasteiger partial charge in [-0.05, 0) is 32.0 Å². The Hall–Kier alpha value is -2.17. The van der Waals surface area contributed by atoms with Crippen molar-refractivity contribution in [1.29, 1.82) is 0 Å². The van der Waals surface area contributed by atoms with E-state index in [-0.39, 0.29) is 0 Å². The third-order valence-electron chi connectivity index (χ3n) is 3.14. The molecule has 5 nitrogen and oxygen atoms in total. The van der Waals surface area contributed by atoms with E-state index in [0.29, 0.717) is 0 Å². The molecule has 0 fully saturated rings. The van der Waals surface area contributed by atoms with Gasteiger partial charge < -0.3 is 14.8 Å². The quantitative estimate of drug-likeness (QED) is 0.880. The number of nitrogens with one attached hydrogen (secondary N) is 1. The third kappa shape index (κ3) is 3.04. The van der Waals surface area contributed by atoms with Crippen LogP contribution >= 0.6 is 0 Å². The van der Waals surface area contributed by atoms with Gasteiger partial charge in [0.15, 0.2) is 11.5 Å². The summed E-state index contributed by atoms with van der Waals surface area (Å²) in [6, 6.07) is 7.89. The van der Waals surface area contributed by atoms with Crippen molar-refractivity contribution in [3.63, 3.8) is 0 Å². The Morgan fingerprint density at radius 2 is 1.90 bits per heavy atom. The van der Waals surface area contributed by atoms with E-state index in [9.17, 15) is 0 Å². The van der Waals surface area contributed by atoms with E-state index in [1.54, 1.807) is 14.2 Å². The number of ether oxygens (including phenoxy) is 2. The maximum absolute atomic E-state index is 5.30. The van der Waals surface area contributed by atoms with E-state index < -0.39 is 0 Å². The number of nitrogens with zero attached hydrogens (tertiary/aromatic N) is 2. The van der Waals surface area contributed by atoms with Crippen LogP contribution in [0.3, 0.4) is 0 Å². The van der Waals surface area contributed by atoms with Crippen molar-refractivity contribution in [2.45, 2.75) is 26.9 Å². The van der Waals surface area contributed by atoms with E-state index in [1.165, 1.54) is 5.69 Å². The van der Waals surface area contributed by atoms with E-state index >= 15 is 0 Å². The number of methoxy groups -OCH3 is 2. The van der Waals surface area contributed by atoms with Crippen LogP contribution in [0.5, 0.6) is 11.5 Å².